The molecule has 1 aliphatic heterocycles. The maximum Gasteiger partial charge on any atom is 0.157 e. The fourth-order valence-corrected chi connectivity index (χ4v) is 1.45. The van der Waals surface area contributed by atoms with Gasteiger partial charge < -0.3 is 15.2 Å². The van der Waals surface area contributed by atoms with Crippen LogP contribution < -0.4 is 5.73 Å². The molecule has 1 unspecified atom stereocenters. The van der Waals surface area contributed by atoms with Crippen LogP contribution in [0.5, 0.6) is 0 Å². The highest BCUT2D eigenvalue weighted by atomic mass is 16.7. The van der Waals surface area contributed by atoms with E-state index in [1.165, 1.54) is 6.92 Å². The third kappa shape index (κ3) is 4.17. The zero-order valence-electron chi connectivity index (χ0n) is 8.70. The predicted molar refractivity (Wildman–Crippen MR) is 52.8 cm³/mol. The van der Waals surface area contributed by atoms with Crippen molar-refractivity contribution in [2.75, 3.05) is 13.2 Å². The van der Waals surface area contributed by atoms with Gasteiger partial charge in [0.15, 0.2) is 6.29 Å². The zero-order chi connectivity index (χ0) is 10.4. The van der Waals surface area contributed by atoms with Crippen LogP contribution in [0.3, 0.4) is 0 Å². The minimum absolute atomic E-state index is 0.0245. The molecule has 0 aromatic heterocycles. The second-order valence-electron chi connectivity index (χ2n) is 3.67. The Morgan fingerprint density at radius 3 is 2.64 bits per heavy atom. The Morgan fingerprint density at radius 2 is 2.07 bits per heavy atom. The van der Waals surface area contributed by atoms with Crippen LogP contribution in [0.25, 0.3) is 0 Å². The highest BCUT2D eigenvalue weighted by Gasteiger charge is 2.15. The van der Waals surface area contributed by atoms with Crippen molar-refractivity contribution in [3.63, 3.8) is 0 Å². The van der Waals surface area contributed by atoms with Gasteiger partial charge in [0.1, 0.15) is 5.78 Å². The summed E-state index contributed by atoms with van der Waals surface area (Å²) in [6.07, 6.45) is 3.62. The van der Waals surface area contributed by atoms with E-state index in [-0.39, 0.29) is 18.1 Å². The molecule has 1 aliphatic rings. The fourth-order valence-electron chi connectivity index (χ4n) is 1.45. The average molecular weight is 201 g/mol. The molecule has 0 saturated carbocycles. The molecule has 0 aromatic carbocycles. The van der Waals surface area contributed by atoms with Crippen molar-refractivity contribution in [2.24, 2.45) is 5.73 Å². The number of rotatable bonds is 6. The molecule has 0 aromatic rings. The molecular weight excluding hydrogens is 182 g/mol. The van der Waals surface area contributed by atoms with E-state index in [9.17, 15) is 4.79 Å². The van der Waals surface area contributed by atoms with Gasteiger partial charge in [-0.15, -0.1) is 0 Å². The van der Waals surface area contributed by atoms with Gasteiger partial charge in [-0.05, 0) is 26.2 Å². The SMILES string of the molecule is CC(=O)C(N)CCCCC1OCCO1. The first kappa shape index (κ1) is 11.6. The second-order valence-corrected chi connectivity index (χ2v) is 3.67. The lowest BCUT2D eigenvalue weighted by atomic mass is 10.1. The molecular formula is C10H19NO3. The van der Waals surface area contributed by atoms with Crippen LogP contribution in [-0.2, 0) is 14.3 Å². The molecule has 0 bridgehead atoms. The Bertz CT molecular complexity index is 178. The molecule has 14 heavy (non-hydrogen) atoms. The average Bonchev–Trinajstić information content (AvgIpc) is 2.64. The lowest BCUT2D eigenvalue weighted by molar-refractivity contribution is -0.118. The van der Waals surface area contributed by atoms with Crippen LogP contribution in [0.15, 0.2) is 0 Å². The highest BCUT2D eigenvalue weighted by molar-refractivity contribution is 5.80. The van der Waals surface area contributed by atoms with Crippen molar-refractivity contribution in [1.82, 2.24) is 0 Å². The van der Waals surface area contributed by atoms with Gasteiger partial charge in [0.05, 0.1) is 19.3 Å². The van der Waals surface area contributed by atoms with Crippen LogP contribution in [0.4, 0.5) is 0 Å². The Hall–Kier alpha value is -0.450. The molecule has 0 radical (unpaired) electrons. The van der Waals surface area contributed by atoms with E-state index < -0.39 is 0 Å². The number of unbranched alkanes of at least 4 members (excludes halogenated alkanes) is 1. The Kier molecular flexibility index (Phi) is 5.07. The first-order valence-electron chi connectivity index (χ1n) is 5.19. The summed E-state index contributed by atoms with van der Waals surface area (Å²) in [5.74, 6) is 0.0679. The molecule has 1 rings (SSSR count). The lowest BCUT2D eigenvalue weighted by Gasteiger charge is -2.10. The number of nitrogens with two attached hydrogens (primary N) is 1. The Balaban J connectivity index is 1.95. The summed E-state index contributed by atoms with van der Waals surface area (Å²) >= 11 is 0. The highest BCUT2D eigenvalue weighted by Crippen LogP contribution is 2.12. The van der Waals surface area contributed by atoms with Crippen molar-refractivity contribution in [3.05, 3.63) is 0 Å². The number of hydrogen-bond acceptors (Lipinski definition) is 4. The van der Waals surface area contributed by atoms with Crippen LogP contribution in [-0.4, -0.2) is 31.3 Å². The summed E-state index contributed by atoms with van der Waals surface area (Å²) in [5, 5.41) is 0. The minimum Gasteiger partial charge on any atom is -0.350 e. The van der Waals surface area contributed by atoms with E-state index in [2.05, 4.69) is 0 Å². The summed E-state index contributed by atoms with van der Waals surface area (Å²) in [4.78, 5) is 10.8. The van der Waals surface area contributed by atoms with Crippen molar-refractivity contribution >= 4 is 5.78 Å². The van der Waals surface area contributed by atoms with Crippen molar-refractivity contribution in [3.8, 4) is 0 Å². The zero-order valence-corrected chi connectivity index (χ0v) is 8.70. The third-order valence-corrected chi connectivity index (χ3v) is 2.42. The summed E-state index contributed by atoms with van der Waals surface area (Å²) in [6.45, 7) is 2.95. The van der Waals surface area contributed by atoms with Gasteiger partial charge in [-0.2, -0.15) is 0 Å². The Labute approximate surface area is 84.7 Å². The normalized spacial score (nSPS) is 19.9. The molecule has 0 amide bonds. The molecule has 82 valence electrons. The fraction of sp³-hybridized carbons (Fsp3) is 0.900. The van der Waals surface area contributed by atoms with E-state index in [4.69, 9.17) is 15.2 Å². The van der Waals surface area contributed by atoms with Gasteiger partial charge in [-0.25, -0.2) is 0 Å². The summed E-state index contributed by atoms with van der Waals surface area (Å²) in [5.41, 5.74) is 5.60. The molecule has 1 fully saturated rings. The predicted octanol–water partition coefficient (Wildman–Crippen LogP) is 0.836. The van der Waals surface area contributed by atoms with Gasteiger partial charge in [0.25, 0.3) is 0 Å². The number of carbonyl (C=O) groups excluding carboxylic acids is 1. The molecule has 1 saturated heterocycles. The van der Waals surface area contributed by atoms with Crippen LogP contribution >= 0.6 is 0 Å². The largest absolute Gasteiger partial charge is 0.350 e. The monoisotopic (exact) mass is 201 g/mol. The number of ether oxygens (including phenoxy) is 2. The van der Waals surface area contributed by atoms with Gasteiger partial charge in [0.2, 0.25) is 0 Å². The molecule has 0 spiro atoms. The van der Waals surface area contributed by atoms with Gasteiger partial charge >= 0.3 is 0 Å². The smallest absolute Gasteiger partial charge is 0.157 e. The maximum absolute atomic E-state index is 10.8. The van der Waals surface area contributed by atoms with E-state index in [0.29, 0.717) is 13.2 Å². The molecule has 2 N–H and O–H groups in total. The van der Waals surface area contributed by atoms with E-state index >= 15 is 0 Å². The number of Topliss-reactive ketones (excluding diaryl/α,β-unsaturated/α-hetero) is 1. The summed E-state index contributed by atoms with van der Waals surface area (Å²) < 4.78 is 10.6. The number of carbonyl (C=O) groups is 1. The van der Waals surface area contributed by atoms with Crippen LogP contribution in [0.1, 0.15) is 32.6 Å². The molecule has 4 heteroatoms. The minimum atomic E-state index is -0.291. The first-order valence-corrected chi connectivity index (χ1v) is 5.19. The standard InChI is InChI=1S/C10H19NO3/c1-8(12)9(11)4-2-3-5-10-13-6-7-14-10/h9-10H,2-7,11H2,1H3. The van der Waals surface area contributed by atoms with Crippen LogP contribution in [0, 0.1) is 0 Å². The maximum atomic E-state index is 10.8. The number of hydrogen-bond donors (Lipinski definition) is 1. The topological polar surface area (TPSA) is 61.6 Å². The van der Waals surface area contributed by atoms with Gasteiger partial charge in [-0.3, -0.25) is 4.79 Å². The van der Waals surface area contributed by atoms with Crippen LogP contribution in [0.2, 0.25) is 0 Å². The molecule has 0 aliphatic carbocycles. The quantitative estimate of drug-likeness (QED) is 0.647. The summed E-state index contributed by atoms with van der Waals surface area (Å²) in [7, 11) is 0. The molecule has 4 nitrogen and oxygen atoms in total. The Morgan fingerprint density at radius 1 is 1.43 bits per heavy atom. The van der Waals surface area contributed by atoms with E-state index in [0.717, 1.165) is 25.7 Å². The van der Waals surface area contributed by atoms with Gasteiger partial charge in [0, 0.05) is 0 Å². The van der Waals surface area contributed by atoms with Gasteiger partial charge in [-0.1, -0.05) is 6.42 Å². The second kappa shape index (κ2) is 6.11. The first-order chi connectivity index (χ1) is 6.70. The van der Waals surface area contributed by atoms with Crippen molar-refractivity contribution in [2.45, 2.75) is 44.9 Å². The van der Waals surface area contributed by atoms with Crippen molar-refractivity contribution < 1.29 is 14.3 Å². The van der Waals surface area contributed by atoms with E-state index in [1.54, 1.807) is 0 Å². The van der Waals surface area contributed by atoms with E-state index in [1.807, 2.05) is 0 Å². The summed E-state index contributed by atoms with van der Waals surface area (Å²) in [6, 6.07) is -0.291. The lowest BCUT2D eigenvalue weighted by Crippen LogP contribution is -2.27. The third-order valence-electron chi connectivity index (χ3n) is 2.42. The van der Waals surface area contributed by atoms with Crippen molar-refractivity contribution in [1.29, 1.82) is 0 Å². The molecule has 1 heterocycles. The number of ketones is 1. The molecule has 1 atom stereocenters.